The Balaban J connectivity index is 3.13. The number of hydrogen-bond donors (Lipinski definition) is 1. The highest BCUT2D eigenvalue weighted by molar-refractivity contribution is 5.82. The Kier molecular flexibility index (Phi) is 3.88. The highest BCUT2D eigenvalue weighted by atomic mass is 16.5. The average Bonchev–Trinajstić information content (AvgIpc) is 2.29. The van der Waals surface area contributed by atoms with Crippen molar-refractivity contribution >= 4 is 11.8 Å². The number of ether oxygens (including phenoxy) is 1. The molecule has 0 radical (unpaired) electrons. The Bertz CT molecular complexity index is 407. The minimum Gasteiger partial charge on any atom is -0.481 e. The number of aliphatic carboxylic acids is 1. The summed E-state index contributed by atoms with van der Waals surface area (Å²) in [6, 6.07) is 1.62. The molecule has 6 nitrogen and oxygen atoms in total. The molecule has 0 aliphatic carbocycles. The number of anilines is 1. The van der Waals surface area contributed by atoms with E-state index in [0.717, 1.165) is 0 Å². The number of likely N-dealkylation sites (N-methyl/N-ethyl adjacent to an activating group) is 1. The molecule has 0 unspecified atom stereocenters. The molecule has 1 heterocycles. The molecule has 17 heavy (non-hydrogen) atoms. The van der Waals surface area contributed by atoms with Gasteiger partial charge < -0.3 is 14.7 Å². The van der Waals surface area contributed by atoms with Crippen molar-refractivity contribution in [2.24, 2.45) is 0 Å². The summed E-state index contributed by atoms with van der Waals surface area (Å²) in [4.78, 5) is 20.9. The zero-order chi connectivity index (χ0) is 13.1. The third kappa shape index (κ3) is 2.64. The smallest absolute Gasteiger partial charge is 0.328 e. The second-order valence-corrected chi connectivity index (χ2v) is 4.03. The molecule has 94 valence electrons. The second-order valence-electron chi connectivity index (χ2n) is 4.03. The van der Waals surface area contributed by atoms with Crippen LogP contribution in [0.5, 0.6) is 5.88 Å². The first-order valence-corrected chi connectivity index (χ1v) is 5.30. The number of carbonyl (C=O) groups is 1. The van der Waals surface area contributed by atoms with Crippen LogP contribution in [0.2, 0.25) is 0 Å². The van der Waals surface area contributed by atoms with Crippen LogP contribution in [0, 0.1) is 0 Å². The minimum atomic E-state index is -1.03. The monoisotopic (exact) mass is 239 g/mol. The number of carboxylic acid groups (broad SMARTS) is 1. The average molecular weight is 239 g/mol. The normalized spacial score (nSPS) is 11.1. The molecule has 0 bridgehead atoms. The summed E-state index contributed by atoms with van der Waals surface area (Å²) in [5.74, 6) is 0.0401. The lowest BCUT2D eigenvalue weighted by Crippen LogP contribution is -2.50. The van der Waals surface area contributed by atoms with Crippen molar-refractivity contribution in [3.63, 3.8) is 0 Å². The van der Waals surface area contributed by atoms with Gasteiger partial charge in [0, 0.05) is 12.6 Å². The van der Waals surface area contributed by atoms with Crippen molar-refractivity contribution in [3.05, 3.63) is 12.4 Å². The molecule has 1 N–H and O–H groups in total. The SMILES string of the molecule is CCN(c1cc(OC)ncn1)C(C)(C)C(=O)O. The summed E-state index contributed by atoms with van der Waals surface area (Å²) < 4.78 is 5.00. The zero-order valence-corrected chi connectivity index (χ0v) is 10.5. The first-order valence-electron chi connectivity index (χ1n) is 5.30. The zero-order valence-electron chi connectivity index (χ0n) is 10.5. The summed E-state index contributed by atoms with van der Waals surface area (Å²) in [6.07, 6.45) is 1.36. The maximum Gasteiger partial charge on any atom is 0.328 e. The highest BCUT2D eigenvalue weighted by Crippen LogP contribution is 2.23. The quantitative estimate of drug-likeness (QED) is 0.831. The Morgan fingerprint density at radius 2 is 2.18 bits per heavy atom. The number of carboxylic acids is 1. The van der Waals surface area contributed by atoms with Crippen molar-refractivity contribution in [1.29, 1.82) is 0 Å². The van der Waals surface area contributed by atoms with E-state index in [2.05, 4.69) is 9.97 Å². The van der Waals surface area contributed by atoms with E-state index in [1.807, 2.05) is 6.92 Å². The summed E-state index contributed by atoms with van der Waals surface area (Å²) in [6.45, 7) is 5.67. The lowest BCUT2D eigenvalue weighted by atomic mass is 10.0. The third-order valence-corrected chi connectivity index (χ3v) is 2.63. The highest BCUT2D eigenvalue weighted by Gasteiger charge is 2.34. The summed E-state index contributed by atoms with van der Waals surface area (Å²) in [5, 5.41) is 9.21. The van der Waals surface area contributed by atoms with Gasteiger partial charge in [-0.05, 0) is 20.8 Å². The predicted molar refractivity (Wildman–Crippen MR) is 63.3 cm³/mol. The van der Waals surface area contributed by atoms with Gasteiger partial charge in [0.1, 0.15) is 17.7 Å². The van der Waals surface area contributed by atoms with Gasteiger partial charge in [-0.1, -0.05) is 0 Å². The van der Waals surface area contributed by atoms with Crippen LogP contribution in [0.4, 0.5) is 5.82 Å². The van der Waals surface area contributed by atoms with Crippen molar-refractivity contribution in [2.75, 3.05) is 18.6 Å². The van der Waals surface area contributed by atoms with Gasteiger partial charge in [0.15, 0.2) is 0 Å². The first kappa shape index (κ1) is 13.2. The van der Waals surface area contributed by atoms with Crippen LogP contribution in [0.15, 0.2) is 12.4 Å². The maximum absolute atomic E-state index is 11.2. The summed E-state index contributed by atoms with van der Waals surface area (Å²) >= 11 is 0. The molecule has 0 fully saturated rings. The number of rotatable bonds is 5. The molecule has 0 saturated carbocycles. The lowest BCUT2D eigenvalue weighted by Gasteiger charge is -2.35. The van der Waals surface area contributed by atoms with Gasteiger partial charge in [0.05, 0.1) is 7.11 Å². The van der Waals surface area contributed by atoms with Gasteiger partial charge in [0.25, 0.3) is 0 Å². The largest absolute Gasteiger partial charge is 0.481 e. The van der Waals surface area contributed by atoms with Crippen LogP contribution < -0.4 is 9.64 Å². The van der Waals surface area contributed by atoms with Crippen LogP contribution in [0.3, 0.4) is 0 Å². The van der Waals surface area contributed by atoms with E-state index in [1.54, 1.807) is 24.8 Å². The van der Waals surface area contributed by atoms with Crippen LogP contribution in [-0.2, 0) is 4.79 Å². The molecule has 0 aliphatic heterocycles. The van der Waals surface area contributed by atoms with Gasteiger partial charge in [-0.15, -0.1) is 0 Å². The topological polar surface area (TPSA) is 75.5 Å². The van der Waals surface area contributed by atoms with Crippen molar-refractivity contribution < 1.29 is 14.6 Å². The van der Waals surface area contributed by atoms with Crippen molar-refractivity contribution in [2.45, 2.75) is 26.3 Å². The van der Waals surface area contributed by atoms with E-state index in [9.17, 15) is 9.90 Å². The van der Waals surface area contributed by atoms with E-state index in [0.29, 0.717) is 18.2 Å². The number of methoxy groups -OCH3 is 1. The minimum absolute atomic E-state index is 0.412. The number of hydrogen-bond acceptors (Lipinski definition) is 5. The molecule has 0 spiro atoms. The lowest BCUT2D eigenvalue weighted by molar-refractivity contribution is -0.142. The second kappa shape index (κ2) is 4.99. The standard InChI is InChI=1S/C11H17N3O3/c1-5-14(11(2,3)10(15)16)8-6-9(17-4)13-7-12-8/h6-7H,5H2,1-4H3,(H,15,16). The van der Waals surface area contributed by atoms with Gasteiger partial charge in [-0.25, -0.2) is 14.8 Å². The molecule has 0 aromatic carbocycles. The number of aromatic nitrogens is 2. The molecule has 0 amide bonds. The van der Waals surface area contributed by atoms with Gasteiger partial charge >= 0.3 is 5.97 Å². The first-order chi connectivity index (χ1) is 7.93. The van der Waals surface area contributed by atoms with Gasteiger partial charge in [0.2, 0.25) is 5.88 Å². The fraction of sp³-hybridized carbons (Fsp3) is 0.545. The molecule has 1 aromatic heterocycles. The van der Waals surface area contributed by atoms with Crippen molar-refractivity contribution in [3.8, 4) is 5.88 Å². The molecule has 1 rings (SSSR count). The van der Waals surface area contributed by atoms with Gasteiger partial charge in [-0.3, -0.25) is 0 Å². The molecule has 6 heteroatoms. The fourth-order valence-electron chi connectivity index (χ4n) is 1.55. The Labute approximate surface area is 100 Å². The van der Waals surface area contributed by atoms with E-state index in [1.165, 1.54) is 13.4 Å². The molecule has 1 aromatic rings. The van der Waals surface area contributed by atoms with E-state index >= 15 is 0 Å². The van der Waals surface area contributed by atoms with Gasteiger partial charge in [-0.2, -0.15) is 0 Å². The van der Waals surface area contributed by atoms with Crippen LogP contribution >= 0.6 is 0 Å². The Morgan fingerprint density at radius 1 is 1.53 bits per heavy atom. The van der Waals surface area contributed by atoms with Crippen molar-refractivity contribution in [1.82, 2.24) is 9.97 Å². The molecular formula is C11H17N3O3. The Hall–Kier alpha value is -1.85. The predicted octanol–water partition coefficient (Wildman–Crippen LogP) is 1.17. The van der Waals surface area contributed by atoms with E-state index < -0.39 is 11.5 Å². The third-order valence-electron chi connectivity index (χ3n) is 2.63. The fourth-order valence-corrected chi connectivity index (χ4v) is 1.55. The summed E-state index contributed by atoms with van der Waals surface area (Å²) in [5.41, 5.74) is -1.03. The molecular weight excluding hydrogens is 222 g/mol. The Morgan fingerprint density at radius 3 is 2.65 bits per heavy atom. The molecule has 0 atom stereocenters. The summed E-state index contributed by atoms with van der Waals surface area (Å²) in [7, 11) is 1.50. The van der Waals surface area contributed by atoms with Crippen LogP contribution in [0.25, 0.3) is 0 Å². The molecule has 0 saturated heterocycles. The van der Waals surface area contributed by atoms with Crippen LogP contribution in [-0.4, -0.2) is 40.2 Å². The number of nitrogens with zero attached hydrogens (tertiary/aromatic N) is 3. The molecule has 0 aliphatic rings. The van der Waals surface area contributed by atoms with Crippen LogP contribution in [0.1, 0.15) is 20.8 Å². The van der Waals surface area contributed by atoms with E-state index in [4.69, 9.17) is 4.74 Å². The maximum atomic E-state index is 11.2. The van der Waals surface area contributed by atoms with E-state index in [-0.39, 0.29) is 0 Å².